The molecule has 0 spiro atoms. The number of hydrogen-bond acceptors (Lipinski definition) is 5. The SMILES string of the molecule is O=C(O)CC[C@H](C(=O)NCc1cccc(C(F)(F)F)c1)N1C(=O)[C@@H](N2C(=O)OC[C@@H]2c2ccccc2)[C@H]1C=Cc1ccccc1. The highest BCUT2D eigenvalue weighted by molar-refractivity contribution is 5.98. The van der Waals surface area contributed by atoms with Crippen LogP contribution in [0.5, 0.6) is 0 Å². The second-order valence-electron chi connectivity index (χ2n) is 10.7. The van der Waals surface area contributed by atoms with Crippen LogP contribution in [0.2, 0.25) is 0 Å². The van der Waals surface area contributed by atoms with Crippen molar-refractivity contribution in [2.75, 3.05) is 6.61 Å². The summed E-state index contributed by atoms with van der Waals surface area (Å²) in [5.41, 5.74) is 0.833. The predicted molar refractivity (Wildman–Crippen MR) is 156 cm³/mol. The molecular formula is C33H30F3N3O6. The Kier molecular flexibility index (Phi) is 9.21. The second-order valence-corrected chi connectivity index (χ2v) is 10.7. The number of aliphatic carboxylic acids is 1. The van der Waals surface area contributed by atoms with Crippen LogP contribution in [0.15, 0.2) is 91.0 Å². The molecule has 3 aromatic carbocycles. The van der Waals surface area contributed by atoms with Crippen molar-refractivity contribution in [2.24, 2.45) is 0 Å². The van der Waals surface area contributed by atoms with Gasteiger partial charge in [0, 0.05) is 13.0 Å². The van der Waals surface area contributed by atoms with Crippen molar-refractivity contribution in [2.45, 2.75) is 49.7 Å². The van der Waals surface area contributed by atoms with Gasteiger partial charge in [-0.2, -0.15) is 13.2 Å². The van der Waals surface area contributed by atoms with E-state index in [1.54, 1.807) is 24.3 Å². The molecule has 0 saturated carbocycles. The zero-order valence-corrected chi connectivity index (χ0v) is 23.9. The fourth-order valence-electron chi connectivity index (χ4n) is 5.63. The van der Waals surface area contributed by atoms with Gasteiger partial charge >= 0.3 is 18.2 Å². The van der Waals surface area contributed by atoms with E-state index >= 15 is 0 Å². The summed E-state index contributed by atoms with van der Waals surface area (Å²) in [4.78, 5) is 54.6. The van der Waals surface area contributed by atoms with Crippen LogP contribution < -0.4 is 5.32 Å². The van der Waals surface area contributed by atoms with Gasteiger partial charge in [0.05, 0.1) is 17.6 Å². The molecule has 0 aliphatic carbocycles. The molecule has 3 aromatic rings. The summed E-state index contributed by atoms with van der Waals surface area (Å²) in [5.74, 6) is -2.51. The first-order chi connectivity index (χ1) is 21.5. The van der Waals surface area contributed by atoms with E-state index in [0.29, 0.717) is 0 Å². The molecule has 0 bridgehead atoms. The lowest BCUT2D eigenvalue weighted by molar-refractivity contribution is -0.163. The maximum Gasteiger partial charge on any atom is 0.416 e. The van der Waals surface area contributed by atoms with Gasteiger partial charge in [0.25, 0.3) is 0 Å². The summed E-state index contributed by atoms with van der Waals surface area (Å²) in [6.07, 6.45) is -2.56. The summed E-state index contributed by atoms with van der Waals surface area (Å²) in [7, 11) is 0. The molecule has 9 nitrogen and oxygen atoms in total. The van der Waals surface area contributed by atoms with Crippen LogP contribution in [0.4, 0.5) is 18.0 Å². The number of alkyl halides is 3. The molecule has 2 aliphatic rings. The number of carboxylic acids is 1. The predicted octanol–water partition coefficient (Wildman–Crippen LogP) is 5.04. The number of β-lactam (4-membered cyclic amide) rings is 1. The summed E-state index contributed by atoms with van der Waals surface area (Å²) in [6, 6.07) is 18.9. The number of amides is 3. The van der Waals surface area contributed by atoms with Gasteiger partial charge in [0.15, 0.2) is 0 Å². The van der Waals surface area contributed by atoms with E-state index in [9.17, 15) is 37.5 Å². The topological polar surface area (TPSA) is 116 Å². The number of carboxylic acid groups (broad SMARTS) is 1. The van der Waals surface area contributed by atoms with E-state index in [0.717, 1.165) is 23.3 Å². The first kappa shape index (κ1) is 31.3. The molecule has 2 aliphatic heterocycles. The number of cyclic esters (lactones) is 1. The smallest absolute Gasteiger partial charge is 0.416 e. The van der Waals surface area contributed by atoms with Crippen LogP contribution >= 0.6 is 0 Å². The molecule has 3 amide bonds. The number of carbonyl (C=O) groups is 4. The van der Waals surface area contributed by atoms with Gasteiger partial charge in [-0.3, -0.25) is 19.3 Å². The Morgan fingerprint density at radius 3 is 2.36 bits per heavy atom. The molecule has 0 radical (unpaired) electrons. The minimum atomic E-state index is -4.57. The van der Waals surface area contributed by atoms with Gasteiger partial charge in [-0.25, -0.2) is 4.79 Å². The number of ether oxygens (including phenoxy) is 1. The number of carbonyl (C=O) groups excluding carboxylic acids is 3. The minimum absolute atomic E-state index is 0.0155. The monoisotopic (exact) mass is 621 g/mol. The Morgan fingerprint density at radius 1 is 1.00 bits per heavy atom. The van der Waals surface area contributed by atoms with Crippen LogP contribution in [0.25, 0.3) is 6.08 Å². The van der Waals surface area contributed by atoms with Crippen LogP contribution in [-0.2, 0) is 31.8 Å². The van der Waals surface area contributed by atoms with Crippen molar-refractivity contribution in [3.8, 4) is 0 Å². The van der Waals surface area contributed by atoms with Gasteiger partial charge in [0.1, 0.15) is 18.7 Å². The summed E-state index contributed by atoms with van der Waals surface area (Å²) < 4.78 is 45.0. The van der Waals surface area contributed by atoms with Gasteiger partial charge in [-0.15, -0.1) is 0 Å². The maximum atomic E-state index is 13.9. The standard InChI is InChI=1S/C33H30F3N3O6/c34-33(35,36)24-13-7-10-22(18-24)19-37-30(42)26(16-17-28(40)41)38-25(15-14-21-8-3-1-4-9-21)29(31(38)43)39-27(20-45-32(39)44)23-11-5-2-6-12-23/h1-15,18,25-27,29H,16-17,19-20H2,(H,37,42)(H,40,41)/t25-,26-,27-,29+/m1/s1. The van der Waals surface area contributed by atoms with Crippen LogP contribution in [0.1, 0.15) is 41.1 Å². The Balaban J connectivity index is 1.44. The molecule has 2 heterocycles. The average molecular weight is 622 g/mol. The molecule has 4 atom stereocenters. The van der Waals surface area contributed by atoms with Gasteiger partial charge in [-0.1, -0.05) is 84.9 Å². The van der Waals surface area contributed by atoms with Crippen LogP contribution in [0, 0.1) is 0 Å². The molecule has 2 saturated heterocycles. The zero-order chi connectivity index (χ0) is 32.1. The van der Waals surface area contributed by atoms with E-state index in [1.807, 2.05) is 48.5 Å². The highest BCUT2D eigenvalue weighted by atomic mass is 19.4. The number of rotatable bonds is 11. The fraction of sp³-hybridized carbons (Fsp3) is 0.273. The molecular weight excluding hydrogens is 591 g/mol. The van der Waals surface area contributed by atoms with E-state index < -0.39 is 66.2 Å². The average Bonchev–Trinajstić information content (AvgIpc) is 3.40. The fourth-order valence-corrected chi connectivity index (χ4v) is 5.63. The van der Waals surface area contributed by atoms with Crippen molar-refractivity contribution >= 4 is 30.0 Å². The Hall–Kier alpha value is -5.13. The Bertz CT molecular complexity index is 1580. The summed E-state index contributed by atoms with van der Waals surface area (Å²) in [6.45, 7) is -0.265. The first-order valence-electron chi connectivity index (χ1n) is 14.3. The van der Waals surface area contributed by atoms with Gasteiger partial charge < -0.3 is 20.1 Å². The quantitative estimate of drug-likeness (QED) is 0.290. The zero-order valence-electron chi connectivity index (χ0n) is 23.9. The third-order valence-electron chi connectivity index (χ3n) is 7.82. The number of hydrogen-bond donors (Lipinski definition) is 2. The van der Waals surface area contributed by atoms with E-state index in [2.05, 4.69) is 5.32 Å². The van der Waals surface area contributed by atoms with E-state index in [-0.39, 0.29) is 25.1 Å². The lowest BCUT2D eigenvalue weighted by atomic mass is 9.87. The van der Waals surface area contributed by atoms with Crippen molar-refractivity contribution in [3.63, 3.8) is 0 Å². The highest BCUT2D eigenvalue weighted by Crippen LogP contribution is 2.39. The molecule has 234 valence electrons. The maximum absolute atomic E-state index is 13.9. The molecule has 12 heteroatoms. The number of likely N-dealkylation sites (tertiary alicyclic amines) is 1. The number of nitrogens with one attached hydrogen (secondary N) is 1. The largest absolute Gasteiger partial charge is 0.481 e. The summed E-state index contributed by atoms with van der Waals surface area (Å²) in [5, 5.41) is 12.0. The second kappa shape index (κ2) is 13.2. The number of benzene rings is 3. The van der Waals surface area contributed by atoms with Crippen molar-refractivity contribution in [1.82, 2.24) is 15.1 Å². The molecule has 5 rings (SSSR count). The van der Waals surface area contributed by atoms with Gasteiger partial charge in [-0.05, 0) is 35.2 Å². The summed E-state index contributed by atoms with van der Waals surface area (Å²) >= 11 is 0. The molecule has 2 N–H and O–H groups in total. The third kappa shape index (κ3) is 7.00. The highest BCUT2D eigenvalue weighted by Gasteiger charge is 2.58. The number of nitrogens with zero attached hydrogens (tertiary/aromatic N) is 2. The molecule has 45 heavy (non-hydrogen) atoms. The van der Waals surface area contributed by atoms with E-state index in [1.165, 1.54) is 21.9 Å². The minimum Gasteiger partial charge on any atom is -0.481 e. The molecule has 0 aromatic heterocycles. The Morgan fingerprint density at radius 2 is 1.69 bits per heavy atom. The lowest BCUT2D eigenvalue weighted by Gasteiger charge is -2.52. The third-order valence-corrected chi connectivity index (χ3v) is 7.82. The molecule has 0 unspecified atom stereocenters. The number of halogens is 3. The van der Waals surface area contributed by atoms with Gasteiger partial charge in [0.2, 0.25) is 11.8 Å². The van der Waals surface area contributed by atoms with Crippen molar-refractivity contribution in [1.29, 1.82) is 0 Å². The lowest BCUT2D eigenvalue weighted by Crippen LogP contribution is -2.74. The van der Waals surface area contributed by atoms with E-state index in [4.69, 9.17) is 4.74 Å². The van der Waals surface area contributed by atoms with Crippen LogP contribution in [-0.4, -0.2) is 63.5 Å². The Labute approximate surface area is 256 Å². The van der Waals surface area contributed by atoms with Crippen molar-refractivity contribution in [3.05, 3.63) is 113 Å². The normalized spacial score (nSPS) is 20.6. The van der Waals surface area contributed by atoms with Crippen LogP contribution in [0.3, 0.4) is 0 Å². The first-order valence-corrected chi connectivity index (χ1v) is 14.3. The van der Waals surface area contributed by atoms with Crippen molar-refractivity contribution < 1.29 is 42.2 Å². The molecule has 2 fully saturated rings.